The van der Waals surface area contributed by atoms with Crippen molar-refractivity contribution in [2.75, 3.05) is 0 Å². The van der Waals surface area contributed by atoms with E-state index in [0.29, 0.717) is 0 Å². The molecule has 0 amide bonds. The Balaban J connectivity index is 1.17. The molecule has 0 radical (unpaired) electrons. The first kappa shape index (κ1) is 26.3. The summed E-state index contributed by atoms with van der Waals surface area (Å²) in [6.45, 7) is 0. The topological polar surface area (TPSA) is 26.3 Å². The number of rotatable bonds is 2. The lowest BCUT2D eigenvalue weighted by atomic mass is 9.87. The van der Waals surface area contributed by atoms with Crippen LogP contribution in [0.5, 0.6) is 0 Å². The van der Waals surface area contributed by atoms with E-state index in [1.165, 1.54) is 59.6 Å². The van der Waals surface area contributed by atoms with Crippen LogP contribution in [0.1, 0.15) is 0 Å². The fourth-order valence-corrected chi connectivity index (χ4v) is 8.74. The molecule has 2 heteroatoms. The molecule has 0 saturated heterocycles. The first-order valence-electron chi connectivity index (χ1n) is 17.2. The Bertz CT molecular complexity index is 3360. The summed E-state index contributed by atoms with van der Waals surface area (Å²) in [5.41, 5.74) is 8.08. The molecule has 2 nitrogen and oxygen atoms in total. The molecule has 0 N–H and O–H groups in total. The van der Waals surface area contributed by atoms with Crippen LogP contribution in [-0.2, 0) is 0 Å². The molecule has 0 aliphatic carbocycles. The van der Waals surface area contributed by atoms with Crippen molar-refractivity contribution in [1.29, 1.82) is 0 Å². The van der Waals surface area contributed by atoms with E-state index in [4.69, 9.17) is 8.83 Å². The molecule has 0 spiro atoms. The van der Waals surface area contributed by atoms with Crippen LogP contribution in [0, 0.1) is 0 Å². The van der Waals surface area contributed by atoms with Gasteiger partial charge >= 0.3 is 0 Å². The van der Waals surface area contributed by atoms with Gasteiger partial charge < -0.3 is 8.83 Å². The van der Waals surface area contributed by atoms with Gasteiger partial charge in [-0.2, -0.15) is 0 Å². The summed E-state index contributed by atoms with van der Waals surface area (Å²) >= 11 is 0. The second-order valence-electron chi connectivity index (χ2n) is 13.6. The van der Waals surface area contributed by atoms with Crippen LogP contribution in [0.25, 0.3) is 120 Å². The van der Waals surface area contributed by atoms with Crippen LogP contribution < -0.4 is 0 Å². The molecule has 0 atom stereocenters. The van der Waals surface area contributed by atoms with Crippen LogP contribution in [0.2, 0.25) is 0 Å². The molecule has 12 rings (SSSR count). The Labute approximate surface area is 285 Å². The largest absolute Gasteiger partial charge is 0.456 e. The highest BCUT2D eigenvalue weighted by Crippen LogP contribution is 2.47. The maximum absolute atomic E-state index is 7.04. The molecule has 0 aliphatic heterocycles. The molecule has 0 saturated carbocycles. The number of fused-ring (bicyclic) bond motifs is 10. The predicted molar refractivity (Wildman–Crippen MR) is 211 cm³/mol. The van der Waals surface area contributed by atoms with Gasteiger partial charge in [-0.3, -0.25) is 0 Å². The fraction of sp³-hybridized carbons (Fsp3) is 0. The van der Waals surface area contributed by atoms with E-state index in [2.05, 4.69) is 158 Å². The Kier molecular flexibility index (Phi) is 5.00. The van der Waals surface area contributed by atoms with Gasteiger partial charge in [-0.15, -0.1) is 0 Å². The molecule has 0 unspecified atom stereocenters. The van der Waals surface area contributed by atoms with E-state index in [-0.39, 0.29) is 0 Å². The molecule has 230 valence electrons. The normalized spacial score (nSPS) is 12.4. The molecule has 50 heavy (non-hydrogen) atoms. The zero-order valence-electron chi connectivity index (χ0n) is 26.8. The van der Waals surface area contributed by atoms with Gasteiger partial charge in [-0.05, 0) is 95.5 Å². The third-order valence-electron chi connectivity index (χ3n) is 11.0. The van der Waals surface area contributed by atoms with Gasteiger partial charge in [0.1, 0.15) is 22.3 Å². The average molecular weight is 635 g/mol. The first-order chi connectivity index (χ1) is 24.8. The van der Waals surface area contributed by atoms with Gasteiger partial charge in [0, 0.05) is 32.5 Å². The van der Waals surface area contributed by atoms with E-state index in [0.717, 1.165) is 60.4 Å². The summed E-state index contributed by atoms with van der Waals surface area (Å²) in [5.74, 6) is 0. The minimum Gasteiger partial charge on any atom is -0.456 e. The van der Waals surface area contributed by atoms with Crippen molar-refractivity contribution in [2.24, 2.45) is 0 Å². The molecular formula is C48H26O2. The monoisotopic (exact) mass is 634 g/mol. The van der Waals surface area contributed by atoms with Gasteiger partial charge in [0.25, 0.3) is 0 Å². The van der Waals surface area contributed by atoms with Crippen molar-refractivity contribution in [2.45, 2.75) is 0 Å². The number of benzene rings is 10. The van der Waals surface area contributed by atoms with Crippen LogP contribution in [0.3, 0.4) is 0 Å². The average Bonchev–Trinajstić information content (AvgIpc) is 3.76. The van der Waals surface area contributed by atoms with Crippen molar-refractivity contribution in [1.82, 2.24) is 0 Å². The van der Waals surface area contributed by atoms with Crippen LogP contribution in [0.15, 0.2) is 167 Å². The highest BCUT2D eigenvalue weighted by atomic mass is 16.3. The maximum atomic E-state index is 7.04. The van der Waals surface area contributed by atoms with Crippen molar-refractivity contribution in [3.63, 3.8) is 0 Å². The highest BCUT2D eigenvalue weighted by molar-refractivity contribution is 6.28. The first-order valence-corrected chi connectivity index (χ1v) is 17.2. The predicted octanol–water partition coefficient (Wildman–Crippen LogP) is 14.0. The summed E-state index contributed by atoms with van der Waals surface area (Å²) < 4.78 is 13.6. The highest BCUT2D eigenvalue weighted by Gasteiger charge is 2.22. The van der Waals surface area contributed by atoms with E-state index >= 15 is 0 Å². The Hall–Kier alpha value is -6.64. The minimum atomic E-state index is 0.874. The molecule has 2 heterocycles. The van der Waals surface area contributed by atoms with Gasteiger partial charge in [0.15, 0.2) is 0 Å². The third-order valence-corrected chi connectivity index (χ3v) is 11.0. The van der Waals surface area contributed by atoms with Crippen molar-refractivity contribution >= 4 is 97.7 Å². The van der Waals surface area contributed by atoms with Crippen molar-refractivity contribution in [3.8, 4) is 22.3 Å². The summed E-state index contributed by atoms with van der Waals surface area (Å²) in [6.07, 6.45) is 0. The molecule has 0 aliphatic rings. The standard InChI is InChI=1S/C48H26O2/c1-3-10-33-27(6-1)18-25-41-45(33)39-21-17-32(26-42(39)49-41)35-23-24-38(46-40-22-14-28-7-2-4-11-34(28)47(40)50-48(35)46)36-19-15-31-13-12-29-8-5-9-30-16-20-37(36)44(31)43(29)30/h1-26H. The number of furan rings is 2. The number of hydrogen-bond acceptors (Lipinski definition) is 2. The second kappa shape index (κ2) is 9.49. The zero-order chi connectivity index (χ0) is 32.5. The van der Waals surface area contributed by atoms with E-state index < -0.39 is 0 Å². The Morgan fingerprint density at radius 2 is 0.900 bits per heavy atom. The van der Waals surface area contributed by atoms with Gasteiger partial charge in [0.2, 0.25) is 0 Å². The SMILES string of the molecule is c1ccc2c(c1)ccc1c2oc2c(-c3ccc4c(c3)oc3ccc5ccccc5c34)ccc(-c3ccc4ccc5cccc6ccc3c4c56)c21. The fourth-order valence-electron chi connectivity index (χ4n) is 8.74. The van der Waals surface area contributed by atoms with Crippen LogP contribution >= 0.6 is 0 Å². The molecule has 10 aromatic carbocycles. The Morgan fingerprint density at radius 1 is 0.280 bits per heavy atom. The Morgan fingerprint density at radius 3 is 1.78 bits per heavy atom. The van der Waals surface area contributed by atoms with Gasteiger partial charge in [-0.25, -0.2) is 0 Å². The molecule has 0 bridgehead atoms. The second-order valence-corrected chi connectivity index (χ2v) is 13.6. The zero-order valence-corrected chi connectivity index (χ0v) is 26.8. The van der Waals surface area contributed by atoms with Crippen LogP contribution in [0.4, 0.5) is 0 Å². The molecule has 0 fully saturated rings. The molecular weight excluding hydrogens is 609 g/mol. The number of hydrogen-bond donors (Lipinski definition) is 0. The lowest BCUT2D eigenvalue weighted by molar-refractivity contribution is 0.669. The molecule has 12 aromatic rings. The summed E-state index contributed by atoms with van der Waals surface area (Å²) in [7, 11) is 0. The summed E-state index contributed by atoms with van der Waals surface area (Å²) in [5, 5.41) is 16.9. The van der Waals surface area contributed by atoms with E-state index in [1.54, 1.807) is 0 Å². The van der Waals surface area contributed by atoms with Gasteiger partial charge in [0.05, 0.1) is 0 Å². The maximum Gasteiger partial charge on any atom is 0.143 e. The third kappa shape index (κ3) is 3.42. The minimum absolute atomic E-state index is 0.874. The smallest absolute Gasteiger partial charge is 0.143 e. The molecule has 2 aromatic heterocycles. The van der Waals surface area contributed by atoms with Gasteiger partial charge in [-0.1, -0.05) is 127 Å². The van der Waals surface area contributed by atoms with E-state index in [1.807, 2.05) is 0 Å². The van der Waals surface area contributed by atoms with Crippen molar-refractivity contribution < 1.29 is 8.83 Å². The lowest BCUT2D eigenvalue weighted by Gasteiger charge is -2.15. The quantitative estimate of drug-likeness (QED) is 0.177. The van der Waals surface area contributed by atoms with Crippen molar-refractivity contribution in [3.05, 3.63) is 158 Å². The lowest BCUT2D eigenvalue weighted by Crippen LogP contribution is -1.89. The summed E-state index contributed by atoms with van der Waals surface area (Å²) in [4.78, 5) is 0. The van der Waals surface area contributed by atoms with E-state index in [9.17, 15) is 0 Å². The van der Waals surface area contributed by atoms with Crippen LogP contribution in [-0.4, -0.2) is 0 Å². The summed E-state index contributed by atoms with van der Waals surface area (Å²) in [6, 6.07) is 57.1.